The molecule has 0 bridgehead atoms. The van der Waals surface area contributed by atoms with Gasteiger partial charge in [-0.05, 0) is 55.3 Å². The number of aromatic nitrogens is 2. The van der Waals surface area contributed by atoms with Gasteiger partial charge in [0.2, 0.25) is 0 Å². The van der Waals surface area contributed by atoms with Crippen molar-refractivity contribution < 1.29 is 9.53 Å². The van der Waals surface area contributed by atoms with Gasteiger partial charge in [0.15, 0.2) is 0 Å². The number of aryl methyl sites for hydroxylation is 1. The number of nitrogens with one attached hydrogen (secondary N) is 1. The lowest BCUT2D eigenvalue weighted by molar-refractivity contribution is 0.137. The van der Waals surface area contributed by atoms with Crippen LogP contribution in [0.3, 0.4) is 0 Å². The molecule has 3 aromatic carbocycles. The number of halogens is 1. The molecule has 36 heavy (non-hydrogen) atoms. The summed E-state index contributed by atoms with van der Waals surface area (Å²) in [6.07, 6.45) is 0.742. The van der Waals surface area contributed by atoms with Crippen LogP contribution in [-0.4, -0.2) is 40.7 Å². The molecule has 4 aromatic rings. The number of carbonyl (C=O) groups is 1. The Bertz CT molecular complexity index is 1440. The Kier molecular flexibility index (Phi) is 8.03. The van der Waals surface area contributed by atoms with Crippen LogP contribution < -0.4 is 10.9 Å². The quantitative estimate of drug-likeness (QED) is 0.327. The van der Waals surface area contributed by atoms with Gasteiger partial charge >= 0.3 is 6.03 Å². The molecule has 1 unspecified atom stereocenters. The van der Waals surface area contributed by atoms with Gasteiger partial charge in [-0.25, -0.2) is 9.78 Å². The predicted molar refractivity (Wildman–Crippen MR) is 144 cm³/mol. The maximum absolute atomic E-state index is 13.8. The van der Waals surface area contributed by atoms with E-state index in [4.69, 9.17) is 21.3 Å². The van der Waals surface area contributed by atoms with Crippen molar-refractivity contribution in [2.24, 2.45) is 0 Å². The maximum atomic E-state index is 13.8. The average molecular weight is 505 g/mol. The molecule has 0 aliphatic carbocycles. The van der Waals surface area contributed by atoms with Gasteiger partial charge in [0, 0.05) is 24.4 Å². The summed E-state index contributed by atoms with van der Waals surface area (Å²) in [6.45, 7) is 4.53. The van der Waals surface area contributed by atoms with E-state index in [0.29, 0.717) is 40.6 Å². The fourth-order valence-corrected chi connectivity index (χ4v) is 4.44. The topological polar surface area (TPSA) is 76.5 Å². The second-order valence-corrected chi connectivity index (χ2v) is 8.85. The Balaban J connectivity index is 1.86. The van der Waals surface area contributed by atoms with E-state index < -0.39 is 6.04 Å². The van der Waals surface area contributed by atoms with Crippen LogP contribution in [0.1, 0.15) is 31.3 Å². The number of benzene rings is 3. The van der Waals surface area contributed by atoms with Crippen LogP contribution in [0.2, 0.25) is 5.02 Å². The van der Waals surface area contributed by atoms with E-state index in [1.165, 1.54) is 0 Å². The van der Waals surface area contributed by atoms with E-state index in [0.717, 1.165) is 17.7 Å². The SMILES string of the molecule is CCc1ccccc1-n1c(C(C)N(CCOC)C(=O)Nc2cccc(Cl)c2)nc2ccccc2c1=O. The highest BCUT2D eigenvalue weighted by Crippen LogP contribution is 2.26. The molecule has 7 nitrogen and oxygen atoms in total. The molecule has 0 aliphatic heterocycles. The largest absolute Gasteiger partial charge is 0.383 e. The summed E-state index contributed by atoms with van der Waals surface area (Å²) in [5.41, 5.74) is 2.74. The van der Waals surface area contributed by atoms with Gasteiger partial charge in [-0.15, -0.1) is 0 Å². The van der Waals surface area contributed by atoms with Crippen LogP contribution in [0.4, 0.5) is 10.5 Å². The van der Waals surface area contributed by atoms with Crippen LogP contribution >= 0.6 is 11.6 Å². The molecule has 1 N–H and O–H groups in total. The normalized spacial score (nSPS) is 11.9. The molecule has 0 saturated heterocycles. The van der Waals surface area contributed by atoms with Gasteiger partial charge in [-0.1, -0.05) is 54.9 Å². The maximum Gasteiger partial charge on any atom is 0.322 e. The summed E-state index contributed by atoms with van der Waals surface area (Å²) in [7, 11) is 1.58. The third kappa shape index (κ3) is 5.27. The molecular weight excluding hydrogens is 476 g/mol. The average Bonchev–Trinajstić information content (AvgIpc) is 2.88. The number of anilines is 1. The number of fused-ring (bicyclic) bond motifs is 1. The minimum atomic E-state index is -0.554. The molecule has 0 spiro atoms. The molecule has 4 rings (SSSR count). The van der Waals surface area contributed by atoms with Gasteiger partial charge < -0.3 is 15.0 Å². The van der Waals surface area contributed by atoms with Crippen molar-refractivity contribution in [1.29, 1.82) is 0 Å². The van der Waals surface area contributed by atoms with E-state index in [2.05, 4.69) is 5.32 Å². The number of methoxy groups -OCH3 is 1. The Morgan fingerprint density at radius 3 is 2.61 bits per heavy atom. The van der Waals surface area contributed by atoms with Gasteiger partial charge in [0.1, 0.15) is 5.82 Å². The van der Waals surface area contributed by atoms with Crippen molar-refractivity contribution in [2.45, 2.75) is 26.3 Å². The molecule has 8 heteroatoms. The van der Waals surface area contributed by atoms with E-state index in [1.807, 2.05) is 56.3 Å². The van der Waals surface area contributed by atoms with Gasteiger partial charge in [0.05, 0.1) is 29.2 Å². The Labute approximate surface area is 215 Å². The number of ether oxygens (including phenoxy) is 1. The first-order valence-electron chi connectivity index (χ1n) is 11.9. The van der Waals surface area contributed by atoms with Gasteiger partial charge in [0.25, 0.3) is 5.56 Å². The fourth-order valence-electron chi connectivity index (χ4n) is 4.25. The third-order valence-corrected chi connectivity index (χ3v) is 6.36. The van der Waals surface area contributed by atoms with Crippen molar-refractivity contribution >= 4 is 34.2 Å². The molecular formula is C28H29ClN4O3. The van der Waals surface area contributed by atoms with Crippen LogP contribution in [0.15, 0.2) is 77.6 Å². The van der Waals surface area contributed by atoms with Crippen LogP contribution in [0.25, 0.3) is 16.6 Å². The Morgan fingerprint density at radius 2 is 1.86 bits per heavy atom. The molecule has 0 radical (unpaired) electrons. The van der Waals surface area contributed by atoms with E-state index in [1.54, 1.807) is 46.9 Å². The first kappa shape index (κ1) is 25.4. The molecule has 186 valence electrons. The van der Waals surface area contributed by atoms with E-state index in [9.17, 15) is 9.59 Å². The summed E-state index contributed by atoms with van der Waals surface area (Å²) in [5.74, 6) is 0.469. The zero-order valence-corrected chi connectivity index (χ0v) is 21.3. The van der Waals surface area contributed by atoms with Crippen LogP contribution in [0.5, 0.6) is 0 Å². The second kappa shape index (κ2) is 11.4. The summed E-state index contributed by atoms with van der Waals surface area (Å²) in [5, 5.41) is 3.95. The molecule has 1 heterocycles. The molecule has 0 saturated carbocycles. The monoisotopic (exact) mass is 504 g/mol. The number of rotatable bonds is 8. The zero-order chi connectivity index (χ0) is 25.7. The minimum absolute atomic E-state index is 0.176. The van der Waals surface area contributed by atoms with Crippen molar-refractivity contribution in [1.82, 2.24) is 14.5 Å². The molecule has 1 aromatic heterocycles. The van der Waals surface area contributed by atoms with E-state index in [-0.39, 0.29) is 11.6 Å². The van der Waals surface area contributed by atoms with Crippen LogP contribution in [-0.2, 0) is 11.2 Å². The predicted octanol–water partition coefficient (Wildman–Crippen LogP) is 5.84. The molecule has 0 fully saturated rings. The lowest BCUT2D eigenvalue weighted by Crippen LogP contribution is -2.41. The van der Waals surface area contributed by atoms with Crippen LogP contribution in [0, 0.1) is 0 Å². The first-order chi connectivity index (χ1) is 17.4. The van der Waals surface area contributed by atoms with Crippen molar-refractivity contribution in [3.8, 4) is 5.69 Å². The molecule has 1 atom stereocenters. The van der Waals surface area contributed by atoms with E-state index >= 15 is 0 Å². The van der Waals surface area contributed by atoms with Gasteiger partial charge in [-0.2, -0.15) is 0 Å². The lowest BCUT2D eigenvalue weighted by atomic mass is 10.1. The van der Waals surface area contributed by atoms with Crippen molar-refractivity contribution in [3.05, 3.63) is 99.6 Å². The summed E-state index contributed by atoms with van der Waals surface area (Å²) in [4.78, 5) is 33.8. The second-order valence-electron chi connectivity index (χ2n) is 8.41. The van der Waals surface area contributed by atoms with Crippen molar-refractivity contribution in [3.63, 3.8) is 0 Å². The minimum Gasteiger partial charge on any atom is -0.383 e. The standard InChI is InChI=1S/C28H29ClN4O3/c1-4-20-10-5-8-15-25(20)33-26(31-24-14-7-6-13-23(24)27(33)34)19(2)32(16-17-36-3)28(35)30-22-12-9-11-21(29)18-22/h5-15,18-19H,4,16-17H2,1-3H3,(H,30,35). The Hall–Kier alpha value is -3.68. The lowest BCUT2D eigenvalue weighted by Gasteiger charge is -2.31. The number of nitrogens with zero attached hydrogens (tertiary/aromatic N) is 3. The summed E-state index contributed by atoms with van der Waals surface area (Å²) in [6, 6.07) is 21.1. The third-order valence-electron chi connectivity index (χ3n) is 6.13. The number of hydrogen-bond acceptors (Lipinski definition) is 4. The number of para-hydroxylation sites is 2. The Morgan fingerprint density at radius 1 is 1.11 bits per heavy atom. The summed E-state index contributed by atoms with van der Waals surface area (Å²) >= 11 is 6.11. The highest BCUT2D eigenvalue weighted by atomic mass is 35.5. The molecule has 0 aliphatic rings. The highest BCUT2D eigenvalue weighted by Gasteiger charge is 2.27. The number of amides is 2. The number of hydrogen-bond donors (Lipinski definition) is 1. The fraction of sp³-hybridized carbons (Fsp3) is 0.250. The number of carbonyl (C=O) groups excluding carboxylic acids is 1. The zero-order valence-electron chi connectivity index (χ0n) is 20.6. The number of urea groups is 1. The smallest absolute Gasteiger partial charge is 0.322 e. The van der Waals surface area contributed by atoms with Crippen molar-refractivity contribution in [2.75, 3.05) is 25.6 Å². The first-order valence-corrected chi connectivity index (χ1v) is 12.2. The molecule has 2 amide bonds. The highest BCUT2D eigenvalue weighted by molar-refractivity contribution is 6.30. The summed E-state index contributed by atoms with van der Waals surface area (Å²) < 4.78 is 6.93. The van der Waals surface area contributed by atoms with Gasteiger partial charge in [-0.3, -0.25) is 9.36 Å².